The summed E-state index contributed by atoms with van der Waals surface area (Å²) in [5.74, 6) is 1.09. The van der Waals surface area contributed by atoms with E-state index < -0.39 is 0 Å². The molecule has 5 heteroatoms. The highest BCUT2D eigenvalue weighted by Gasteiger charge is 2.26. The Hall–Kier alpha value is -1.59. The Bertz CT molecular complexity index is 664. The number of hydrogen-bond acceptors (Lipinski definition) is 4. The van der Waals surface area contributed by atoms with Crippen molar-refractivity contribution in [1.29, 1.82) is 0 Å². The van der Waals surface area contributed by atoms with Gasteiger partial charge in [0.15, 0.2) is 5.17 Å². The highest BCUT2D eigenvalue weighted by molar-refractivity contribution is 8.13. The molecule has 0 bridgehead atoms. The quantitative estimate of drug-likeness (QED) is 0.826. The van der Waals surface area contributed by atoms with Crippen LogP contribution in [0.5, 0.6) is 0 Å². The molecular formula is C16H16N2OS2. The summed E-state index contributed by atoms with van der Waals surface area (Å²) >= 11 is 3.16. The van der Waals surface area contributed by atoms with Gasteiger partial charge in [0.1, 0.15) is 0 Å². The second-order valence-electron chi connectivity index (χ2n) is 4.82. The van der Waals surface area contributed by atoms with Crippen LogP contribution >= 0.6 is 23.1 Å². The van der Waals surface area contributed by atoms with Crippen LogP contribution in [0.15, 0.2) is 46.8 Å². The number of aryl methyl sites for hydroxylation is 1. The minimum absolute atomic E-state index is 0.0735. The number of aliphatic imine (C=N–C) groups is 1. The molecule has 2 aromatic rings. The lowest BCUT2D eigenvalue weighted by Crippen LogP contribution is -2.39. The zero-order valence-electron chi connectivity index (χ0n) is 11.8. The molecule has 108 valence electrons. The second kappa shape index (κ2) is 6.45. The summed E-state index contributed by atoms with van der Waals surface area (Å²) in [6.07, 6.45) is 1.01. The topological polar surface area (TPSA) is 32.7 Å². The minimum atomic E-state index is 0.0735. The molecule has 2 heterocycles. The average Bonchev–Trinajstić information content (AvgIpc) is 2.94. The summed E-state index contributed by atoms with van der Waals surface area (Å²) in [5, 5.41) is 2.78. The number of carbonyl (C=O) groups excluding carboxylic acids is 1. The van der Waals surface area contributed by atoms with E-state index in [-0.39, 0.29) is 5.91 Å². The first-order chi connectivity index (χ1) is 10.3. The van der Waals surface area contributed by atoms with Gasteiger partial charge >= 0.3 is 0 Å². The smallest absolute Gasteiger partial charge is 0.270 e. The predicted octanol–water partition coefficient (Wildman–Crippen LogP) is 4.32. The van der Waals surface area contributed by atoms with E-state index in [9.17, 15) is 4.79 Å². The molecule has 0 N–H and O–H groups in total. The van der Waals surface area contributed by atoms with Gasteiger partial charge in [-0.25, -0.2) is 4.99 Å². The van der Waals surface area contributed by atoms with Crippen molar-refractivity contribution >= 4 is 39.9 Å². The number of para-hydroxylation sites is 1. The van der Waals surface area contributed by atoms with Crippen LogP contribution in [0.1, 0.15) is 21.7 Å². The predicted molar refractivity (Wildman–Crippen MR) is 90.7 cm³/mol. The number of carbonyl (C=O) groups is 1. The van der Waals surface area contributed by atoms with E-state index in [1.807, 2.05) is 53.6 Å². The fraction of sp³-hybridized carbons (Fsp3) is 0.250. The molecule has 0 unspecified atom stereocenters. The van der Waals surface area contributed by atoms with Crippen LogP contribution in [0, 0.1) is 6.92 Å². The van der Waals surface area contributed by atoms with Crippen LogP contribution in [0.25, 0.3) is 0 Å². The summed E-state index contributed by atoms with van der Waals surface area (Å²) in [7, 11) is 0. The van der Waals surface area contributed by atoms with Crippen LogP contribution in [0.3, 0.4) is 0 Å². The summed E-state index contributed by atoms with van der Waals surface area (Å²) in [5.41, 5.74) is 1.93. The molecule has 0 atom stereocenters. The van der Waals surface area contributed by atoms with Crippen LogP contribution in [-0.4, -0.2) is 28.3 Å². The van der Waals surface area contributed by atoms with E-state index in [4.69, 9.17) is 0 Å². The van der Waals surface area contributed by atoms with Gasteiger partial charge in [0, 0.05) is 12.3 Å². The lowest BCUT2D eigenvalue weighted by Gasteiger charge is -2.27. The molecule has 21 heavy (non-hydrogen) atoms. The number of rotatable bonds is 2. The molecule has 1 aliphatic heterocycles. The van der Waals surface area contributed by atoms with Gasteiger partial charge in [-0.1, -0.05) is 30.0 Å². The summed E-state index contributed by atoms with van der Waals surface area (Å²) in [6.45, 7) is 2.73. The molecule has 1 aromatic heterocycles. The van der Waals surface area contributed by atoms with Gasteiger partial charge in [-0.3, -0.25) is 9.69 Å². The Morgan fingerprint density at radius 1 is 1.24 bits per heavy atom. The number of nitrogens with zero attached hydrogens (tertiary/aromatic N) is 2. The van der Waals surface area contributed by atoms with E-state index in [2.05, 4.69) is 4.99 Å². The first-order valence-corrected chi connectivity index (χ1v) is 8.75. The van der Waals surface area contributed by atoms with E-state index in [1.54, 1.807) is 11.8 Å². The number of benzene rings is 1. The van der Waals surface area contributed by atoms with Gasteiger partial charge in [-0.15, -0.1) is 11.3 Å². The van der Waals surface area contributed by atoms with E-state index in [0.717, 1.165) is 40.0 Å². The molecule has 1 saturated heterocycles. The second-order valence-corrected chi connectivity index (χ2v) is 6.80. The minimum Gasteiger partial charge on any atom is -0.286 e. The fourth-order valence-corrected chi connectivity index (χ4v) is 4.00. The van der Waals surface area contributed by atoms with E-state index >= 15 is 0 Å². The van der Waals surface area contributed by atoms with Crippen LogP contribution in [0.4, 0.5) is 5.69 Å². The maximum atomic E-state index is 12.7. The molecule has 0 aliphatic carbocycles. The van der Waals surface area contributed by atoms with Gasteiger partial charge in [0.05, 0.1) is 10.6 Å². The number of amidine groups is 1. The maximum Gasteiger partial charge on any atom is 0.270 e. The lowest BCUT2D eigenvalue weighted by atomic mass is 10.2. The number of thioether (sulfide) groups is 1. The Balaban J connectivity index is 1.90. The van der Waals surface area contributed by atoms with Gasteiger partial charge in [0.2, 0.25) is 0 Å². The molecule has 0 spiro atoms. The van der Waals surface area contributed by atoms with Crippen molar-refractivity contribution in [3.05, 3.63) is 52.2 Å². The van der Waals surface area contributed by atoms with Crippen molar-refractivity contribution in [2.45, 2.75) is 13.3 Å². The van der Waals surface area contributed by atoms with Gasteiger partial charge in [-0.05, 0) is 42.5 Å². The number of amides is 1. The lowest BCUT2D eigenvalue weighted by molar-refractivity contribution is 0.0853. The van der Waals surface area contributed by atoms with E-state index in [0.29, 0.717) is 0 Å². The third-order valence-electron chi connectivity index (χ3n) is 3.27. The zero-order chi connectivity index (χ0) is 14.7. The molecule has 1 amide bonds. The third-order valence-corrected chi connectivity index (χ3v) is 5.34. The average molecular weight is 316 g/mol. The van der Waals surface area contributed by atoms with Gasteiger partial charge in [-0.2, -0.15) is 0 Å². The third kappa shape index (κ3) is 3.19. The fourth-order valence-electron chi connectivity index (χ4n) is 2.17. The molecule has 1 fully saturated rings. The standard InChI is InChI=1S/C16H16N2OS2/c1-12-8-11-20-14(12)15(19)18-9-5-10-21-16(18)17-13-6-3-2-4-7-13/h2-4,6-8,11H,5,9-10H2,1H3. The molecule has 3 nitrogen and oxygen atoms in total. The van der Waals surface area contributed by atoms with Crippen molar-refractivity contribution < 1.29 is 4.79 Å². The number of thiophene rings is 1. The van der Waals surface area contributed by atoms with Crippen LogP contribution < -0.4 is 0 Å². The highest BCUT2D eigenvalue weighted by atomic mass is 32.2. The largest absolute Gasteiger partial charge is 0.286 e. The Morgan fingerprint density at radius 2 is 2.05 bits per heavy atom. The Morgan fingerprint density at radius 3 is 2.76 bits per heavy atom. The van der Waals surface area contributed by atoms with E-state index in [1.165, 1.54) is 11.3 Å². The van der Waals surface area contributed by atoms with Crippen molar-refractivity contribution in [2.24, 2.45) is 4.99 Å². The van der Waals surface area contributed by atoms with Crippen molar-refractivity contribution in [3.63, 3.8) is 0 Å². The molecular weight excluding hydrogens is 300 g/mol. The Kier molecular flexibility index (Phi) is 4.41. The van der Waals surface area contributed by atoms with Crippen molar-refractivity contribution in [3.8, 4) is 0 Å². The normalized spacial score (nSPS) is 17.2. The Labute approximate surface area is 132 Å². The maximum absolute atomic E-state index is 12.7. The van der Waals surface area contributed by atoms with Crippen LogP contribution in [0.2, 0.25) is 0 Å². The van der Waals surface area contributed by atoms with Crippen molar-refractivity contribution in [1.82, 2.24) is 4.90 Å². The number of hydrogen-bond donors (Lipinski definition) is 0. The molecule has 1 aliphatic rings. The zero-order valence-corrected chi connectivity index (χ0v) is 13.4. The molecule has 0 saturated carbocycles. The SMILES string of the molecule is Cc1ccsc1C(=O)N1CCCSC1=Nc1ccccc1. The summed E-state index contributed by atoms with van der Waals surface area (Å²) in [4.78, 5) is 20.0. The van der Waals surface area contributed by atoms with Crippen molar-refractivity contribution in [2.75, 3.05) is 12.3 Å². The first kappa shape index (κ1) is 14.4. The molecule has 0 radical (unpaired) electrons. The summed E-state index contributed by atoms with van der Waals surface area (Å²) < 4.78 is 0. The first-order valence-electron chi connectivity index (χ1n) is 6.88. The van der Waals surface area contributed by atoms with Gasteiger partial charge in [0.25, 0.3) is 5.91 Å². The molecule has 1 aromatic carbocycles. The van der Waals surface area contributed by atoms with Gasteiger partial charge < -0.3 is 0 Å². The summed E-state index contributed by atoms with van der Waals surface area (Å²) in [6, 6.07) is 11.8. The highest BCUT2D eigenvalue weighted by Crippen LogP contribution is 2.26. The monoisotopic (exact) mass is 316 g/mol. The molecule has 3 rings (SSSR count). The van der Waals surface area contributed by atoms with Crippen LogP contribution in [-0.2, 0) is 0 Å².